The van der Waals surface area contributed by atoms with Crippen molar-refractivity contribution in [1.29, 1.82) is 0 Å². The molecule has 2 N–H and O–H groups in total. The number of alkyl halides is 3. The molecule has 25 heavy (non-hydrogen) atoms. The number of carboxylic acid groups (broad SMARTS) is 1. The van der Waals surface area contributed by atoms with Gasteiger partial charge in [-0.3, -0.25) is 4.79 Å². The number of aromatic nitrogens is 1. The van der Waals surface area contributed by atoms with Gasteiger partial charge in [0.15, 0.2) is 0 Å². The Labute approximate surface area is 144 Å². The highest BCUT2D eigenvalue weighted by atomic mass is 32.1. The summed E-state index contributed by atoms with van der Waals surface area (Å²) in [6.45, 7) is 1.61. The molecule has 1 aliphatic carbocycles. The van der Waals surface area contributed by atoms with Crippen LogP contribution in [0.5, 0.6) is 0 Å². The lowest BCUT2D eigenvalue weighted by Crippen LogP contribution is -2.41. The zero-order valence-electron chi connectivity index (χ0n) is 13.2. The molecular formula is C16H15F3N2O3S. The van der Waals surface area contributed by atoms with E-state index >= 15 is 0 Å². The summed E-state index contributed by atoms with van der Waals surface area (Å²) in [4.78, 5) is 27.6. The molecule has 2 aromatic heterocycles. The topological polar surface area (TPSA) is 79.3 Å². The highest BCUT2D eigenvalue weighted by Gasteiger charge is 2.34. The second kappa shape index (κ2) is 6.29. The first-order valence-corrected chi connectivity index (χ1v) is 8.49. The molecule has 9 heteroatoms. The number of nitrogens with zero attached hydrogens (tertiary/aromatic N) is 1. The third kappa shape index (κ3) is 3.76. The summed E-state index contributed by atoms with van der Waals surface area (Å²) in [6.07, 6.45) is -2.30. The van der Waals surface area contributed by atoms with E-state index in [2.05, 4.69) is 10.3 Å². The number of halogens is 3. The summed E-state index contributed by atoms with van der Waals surface area (Å²) in [5, 5.41) is 12.2. The molecule has 1 fully saturated rings. The van der Waals surface area contributed by atoms with E-state index in [1.807, 2.05) is 0 Å². The largest absolute Gasteiger partial charge is 0.480 e. The maximum absolute atomic E-state index is 12.8. The SMILES string of the molecule is Cc1c(C(=O)NC(CC2CC2)C(=O)O)sc2nc(C(F)(F)F)ccc12. The fourth-order valence-electron chi connectivity index (χ4n) is 2.61. The van der Waals surface area contributed by atoms with E-state index in [0.29, 0.717) is 23.3 Å². The fourth-order valence-corrected chi connectivity index (χ4v) is 3.69. The van der Waals surface area contributed by atoms with Gasteiger partial charge in [0.1, 0.15) is 16.6 Å². The van der Waals surface area contributed by atoms with Gasteiger partial charge in [0.25, 0.3) is 5.91 Å². The third-order valence-electron chi connectivity index (χ3n) is 4.17. The quantitative estimate of drug-likeness (QED) is 0.840. The van der Waals surface area contributed by atoms with Crippen LogP contribution in [0, 0.1) is 12.8 Å². The number of carbonyl (C=O) groups is 2. The molecule has 3 rings (SSSR count). The highest BCUT2D eigenvalue weighted by molar-refractivity contribution is 7.20. The average Bonchev–Trinajstić information content (AvgIpc) is 3.28. The molecule has 0 bridgehead atoms. The van der Waals surface area contributed by atoms with E-state index in [-0.39, 0.29) is 9.71 Å². The minimum absolute atomic E-state index is 0.103. The molecule has 2 aromatic rings. The molecular weight excluding hydrogens is 357 g/mol. The molecule has 0 radical (unpaired) electrons. The van der Waals surface area contributed by atoms with Crippen LogP contribution in [0.2, 0.25) is 0 Å². The Morgan fingerprint density at radius 1 is 1.40 bits per heavy atom. The van der Waals surface area contributed by atoms with Crippen molar-refractivity contribution < 1.29 is 27.9 Å². The van der Waals surface area contributed by atoms with Crippen LogP contribution >= 0.6 is 11.3 Å². The average molecular weight is 372 g/mol. The summed E-state index contributed by atoms with van der Waals surface area (Å²) < 4.78 is 38.3. The minimum atomic E-state index is -4.56. The number of pyridine rings is 1. The smallest absolute Gasteiger partial charge is 0.433 e. The van der Waals surface area contributed by atoms with Gasteiger partial charge in [-0.1, -0.05) is 12.8 Å². The Hall–Kier alpha value is -2.16. The highest BCUT2D eigenvalue weighted by Crippen LogP contribution is 2.35. The fraction of sp³-hybridized carbons (Fsp3) is 0.438. The molecule has 0 saturated heterocycles. The van der Waals surface area contributed by atoms with E-state index in [9.17, 15) is 27.9 Å². The number of hydrogen-bond donors (Lipinski definition) is 2. The summed E-state index contributed by atoms with van der Waals surface area (Å²) in [5.74, 6) is -1.40. The molecule has 1 saturated carbocycles. The van der Waals surface area contributed by atoms with Crippen LogP contribution in [-0.2, 0) is 11.0 Å². The first-order valence-electron chi connectivity index (χ1n) is 7.68. The lowest BCUT2D eigenvalue weighted by Gasteiger charge is -2.13. The van der Waals surface area contributed by atoms with Crippen LogP contribution in [-0.4, -0.2) is 28.0 Å². The van der Waals surface area contributed by atoms with Crippen LogP contribution < -0.4 is 5.32 Å². The molecule has 0 aromatic carbocycles. The Kier molecular flexibility index (Phi) is 4.44. The lowest BCUT2D eigenvalue weighted by molar-refractivity contribution is -0.141. The summed E-state index contributed by atoms with van der Waals surface area (Å²) in [5.41, 5.74) is -0.528. The maximum atomic E-state index is 12.8. The van der Waals surface area contributed by atoms with Crippen LogP contribution in [0.25, 0.3) is 10.2 Å². The second-order valence-corrected chi connectivity index (χ2v) is 7.15. The number of amides is 1. The van der Waals surface area contributed by atoms with E-state index < -0.39 is 29.8 Å². The van der Waals surface area contributed by atoms with Gasteiger partial charge in [-0.2, -0.15) is 13.2 Å². The van der Waals surface area contributed by atoms with E-state index in [0.717, 1.165) is 30.2 Å². The summed E-state index contributed by atoms with van der Waals surface area (Å²) in [7, 11) is 0. The number of rotatable bonds is 5. The van der Waals surface area contributed by atoms with Crippen LogP contribution in [0.1, 0.15) is 40.2 Å². The third-order valence-corrected chi connectivity index (χ3v) is 5.37. The number of carboxylic acids is 1. The molecule has 1 amide bonds. The summed E-state index contributed by atoms with van der Waals surface area (Å²) >= 11 is 0.834. The zero-order valence-corrected chi connectivity index (χ0v) is 14.0. The van der Waals surface area contributed by atoms with E-state index in [1.54, 1.807) is 6.92 Å². The number of thiophene rings is 1. The first-order chi connectivity index (χ1) is 11.7. The standard InChI is InChI=1S/C16H15F3N2O3S/c1-7-9-4-5-11(16(17,18)19)21-14(9)25-12(7)13(22)20-10(15(23)24)6-8-2-3-8/h4-5,8,10H,2-3,6H2,1H3,(H,20,22)(H,23,24). The molecule has 134 valence electrons. The molecule has 0 spiro atoms. The second-order valence-electron chi connectivity index (χ2n) is 6.15. The van der Waals surface area contributed by atoms with Gasteiger partial charge in [0.2, 0.25) is 0 Å². The van der Waals surface area contributed by atoms with E-state index in [4.69, 9.17) is 0 Å². The Balaban J connectivity index is 1.87. The van der Waals surface area contributed by atoms with Crippen molar-refractivity contribution in [2.75, 3.05) is 0 Å². The Bertz CT molecular complexity index is 843. The van der Waals surface area contributed by atoms with Crippen molar-refractivity contribution in [3.63, 3.8) is 0 Å². The molecule has 0 aliphatic heterocycles. The van der Waals surface area contributed by atoms with Gasteiger partial charge in [0, 0.05) is 5.39 Å². The number of aliphatic carboxylic acids is 1. The molecule has 2 heterocycles. The minimum Gasteiger partial charge on any atom is -0.480 e. The predicted molar refractivity (Wildman–Crippen MR) is 85.6 cm³/mol. The van der Waals surface area contributed by atoms with Gasteiger partial charge in [-0.05, 0) is 37.0 Å². The van der Waals surface area contributed by atoms with Crippen molar-refractivity contribution in [3.8, 4) is 0 Å². The van der Waals surface area contributed by atoms with Crippen LogP contribution in [0.3, 0.4) is 0 Å². The Morgan fingerprint density at radius 2 is 2.08 bits per heavy atom. The van der Waals surface area contributed by atoms with Crippen LogP contribution in [0.4, 0.5) is 13.2 Å². The first kappa shape index (κ1) is 17.7. The number of aryl methyl sites for hydroxylation is 1. The van der Waals surface area contributed by atoms with Gasteiger partial charge < -0.3 is 10.4 Å². The normalized spacial score (nSPS) is 16.0. The molecule has 5 nitrogen and oxygen atoms in total. The number of fused-ring (bicyclic) bond motifs is 1. The zero-order chi connectivity index (χ0) is 18.4. The molecule has 1 atom stereocenters. The molecule has 1 aliphatic rings. The predicted octanol–water partition coefficient (Wildman–Crippen LogP) is 3.61. The lowest BCUT2D eigenvalue weighted by atomic mass is 10.1. The van der Waals surface area contributed by atoms with Crippen LogP contribution in [0.15, 0.2) is 12.1 Å². The monoisotopic (exact) mass is 372 g/mol. The van der Waals surface area contributed by atoms with E-state index in [1.165, 1.54) is 6.07 Å². The molecule has 1 unspecified atom stereocenters. The number of nitrogens with one attached hydrogen (secondary N) is 1. The van der Waals surface area contributed by atoms with Crippen molar-refractivity contribution >= 4 is 33.4 Å². The summed E-state index contributed by atoms with van der Waals surface area (Å²) in [6, 6.07) is 1.16. The maximum Gasteiger partial charge on any atom is 0.433 e. The Morgan fingerprint density at radius 3 is 2.64 bits per heavy atom. The van der Waals surface area contributed by atoms with Crippen molar-refractivity contribution in [2.24, 2.45) is 5.92 Å². The van der Waals surface area contributed by atoms with Gasteiger partial charge >= 0.3 is 12.1 Å². The van der Waals surface area contributed by atoms with Crippen molar-refractivity contribution in [1.82, 2.24) is 10.3 Å². The number of hydrogen-bond acceptors (Lipinski definition) is 4. The van der Waals surface area contributed by atoms with Crippen molar-refractivity contribution in [3.05, 3.63) is 28.3 Å². The van der Waals surface area contributed by atoms with Crippen molar-refractivity contribution in [2.45, 2.75) is 38.4 Å². The van der Waals surface area contributed by atoms with Gasteiger partial charge in [-0.15, -0.1) is 11.3 Å². The van der Waals surface area contributed by atoms with Gasteiger partial charge in [-0.25, -0.2) is 9.78 Å². The number of carbonyl (C=O) groups excluding carboxylic acids is 1. The van der Waals surface area contributed by atoms with Gasteiger partial charge in [0.05, 0.1) is 4.88 Å².